The van der Waals surface area contributed by atoms with Gasteiger partial charge in [-0.1, -0.05) is 35.3 Å². The van der Waals surface area contributed by atoms with Crippen LogP contribution in [0.4, 0.5) is 26.3 Å². The number of rotatable bonds is 4. The first-order valence-electron chi connectivity index (χ1n) is 8.42. The van der Waals surface area contributed by atoms with Crippen LogP contribution in [0.25, 0.3) is 17.4 Å². The molecule has 0 bridgehead atoms. The van der Waals surface area contributed by atoms with Crippen molar-refractivity contribution in [2.75, 3.05) is 0 Å². The van der Waals surface area contributed by atoms with Gasteiger partial charge in [-0.15, -0.1) is 0 Å². The van der Waals surface area contributed by atoms with E-state index in [-0.39, 0.29) is 32.7 Å². The van der Waals surface area contributed by atoms with Crippen molar-refractivity contribution >= 4 is 35.1 Å². The maximum atomic E-state index is 12.8. The van der Waals surface area contributed by atoms with Crippen molar-refractivity contribution in [1.82, 2.24) is 0 Å². The number of ketones is 1. The van der Waals surface area contributed by atoms with Gasteiger partial charge in [-0.05, 0) is 48.6 Å². The molecule has 0 atom stereocenters. The predicted octanol–water partition coefficient (Wildman–Crippen LogP) is 8.19. The van der Waals surface area contributed by atoms with E-state index in [9.17, 15) is 31.1 Å². The molecule has 0 radical (unpaired) electrons. The standard InChI is InChI=1S/C21H10Cl2F6O2/c22-15-9-13(21(27,28)29)10-16(23)19(15)18-8-6-14(31-18)5-7-17(30)11-1-3-12(4-2-11)20(24,25)26/h1-10H. The van der Waals surface area contributed by atoms with Crippen molar-refractivity contribution in [1.29, 1.82) is 0 Å². The number of alkyl halides is 6. The highest BCUT2D eigenvalue weighted by atomic mass is 35.5. The molecule has 0 saturated carbocycles. The van der Waals surface area contributed by atoms with Crippen LogP contribution in [0.2, 0.25) is 10.0 Å². The van der Waals surface area contributed by atoms with Gasteiger partial charge >= 0.3 is 12.4 Å². The Labute approximate surface area is 181 Å². The van der Waals surface area contributed by atoms with Crippen molar-refractivity contribution in [2.24, 2.45) is 0 Å². The summed E-state index contributed by atoms with van der Waals surface area (Å²) in [6.45, 7) is 0. The van der Waals surface area contributed by atoms with Gasteiger partial charge in [0.1, 0.15) is 11.5 Å². The van der Waals surface area contributed by atoms with E-state index in [2.05, 4.69) is 0 Å². The van der Waals surface area contributed by atoms with Gasteiger partial charge in [0.05, 0.1) is 26.7 Å². The fourth-order valence-corrected chi connectivity index (χ4v) is 3.30. The van der Waals surface area contributed by atoms with Gasteiger partial charge in [0.2, 0.25) is 0 Å². The second-order valence-electron chi connectivity index (χ2n) is 6.29. The Morgan fingerprint density at radius 2 is 1.35 bits per heavy atom. The van der Waals surface area contributed by atoms with E-state index in [1.807, 2.05) is 0 Å². The van der Waals surface area contributed by atoms with E-state index in [0.29, 0.717) is 0 Å². The van der Waals surface area contributed by atoms with E-state index < -0.39 is 29.3 Å². The summed E-state index contributed by atoms with van der Waals surface area (Å²) < 4.78 is 81.8. The lowest BCUT2D eigenvalue weighted by atomic mass is 10.1. The molecule has 0 fully saturated rings. The van der Waals surface area contributed by atoms with Crippen LogP contribution in [0.1, 0.15) is 27.2 Å². The summed E-state index contributed by atoms with van der Waals surface area (Å²) in [6, 6.07) is 7.94. The van der Waals surface area contributed by atoms with E-state index in [1.165, 1.54) is 18.2 Å². The van der Waals surface area contributed by atoms with Crippen LogP contribution in [-0.4, -0.2) is 5.78 Å². The summed E-state index contributed by atoms with van der Waals surface area (Å²) in [5.41, 5.74) is -1.82. The second kappa shape index (κ2) is 8.43. The summed E-state index contributed by atoms with van der Waals surface area (Å²) in [5, 5.41) is -0.545. The number of halogens is 8. The molecule has 3 rings (SSSR count). The van der Waals surface area contributed by atoms with Crippen LogP contribution >= 0.6 is 23.2 Å². The minimum absolute atomic E-state index is 0.0323. The first kappa shape index (κ1) is 23.0. The Kier molecular flexibility index (Phi) is 6.25. The largest absolute Gasteiger partial charge is 0.457 e. The minimum Gasteiger partial charge on any atom is -0.457 e. The number of carbonyl (C=O) groups is 1. The van der Waals surface area contributed by atoms with Gasteiger partial charge in [0.25, 0.3) is 0 Å². The zero-order valence-corrected chi connectivity index (χ0v) is 16.6. The molecule has 1 heterocycles. The van der Waals surface area contributed by atoms with Crippen molar-refractivity contribution in [3.63, 3.8) is 0 Å². The molecule has 2 nitrogen and oxygen atoms in total. The quantitative estimate of drug-likeness (QED) is 0.215. The van der Waals surface area contributed by atoms with E-state index in [1.54, 1.807) is 0 Å². The first-order chi connectivity index (χ1) is 14.4. The number of furan rings is 1. The fourth-order valence-electron chi connectivity index (χ4n) is 2.63. The summed E-state index contributed by atoms with van der Waals surface area (Å²) in [6.07, 6.45) is -6.79. The maximum absolute atomic E-state index is 12.8. The monoisotopic (exact) mass is 478 g/mol. The number of allylic oxidation sites excluding steroid dienone is 1. The number of hydrogen-bond donors (Lipinski definition) is 0. The highest BCUT2D eigenvalue weighted by Gasteiger charge is 2.32. The Balaban J connectivity index is 1.80. The first-order valence-corrected chi connectivity index (χ1v) is 9.18. The highest BCUT2D eigenvalue weighted by Crippen LogP contribution is 2.41. The van der Waals surface area contributed by atoms with Gasteiger partial charge in [0.15, 0.2) is 5.78 Å². The molecule has 0 aliphatic carbocycles. The van der Waals surface area contributed by atoms with E-state index in [0.717, 1.165) is 42.5 Å². The SMILES string of the molecule is O=C(C=Cc1ccc(-c2c(Cl)cc(C(F)(F)F)cc2Cl)o1)c1ccc(C(F)(F)F)cc1. The van der Waals surface area contributed by atoms with Gasteiger partial charge in [0, 0.05) is 5.56 Å². The molecule has 31 heavy (non-hydrogen) atoms. The average Bonchev–Trinajstić information content (AvgIpc) is 3.12. The van der Waals surface area contributed by atoms with Gasteiger partial charge in [-0.3, -0.25) is 4.79 Å². The molecule has 3 aromatic rings. The normalized spacial score (nSPS) is 12.5. The maximum Gasteiger partial charge on any atom is 0.416 e. The molecule has 0 N–H and O–H groups in total. The molecular weight excluding hydrogens is 469 g/mol. The fraction of sp³-hybridized carbons (Fsp3) is 0.0952. The molecule has 0 aliphatic heterocycles. The second-order valence-corrected chi connectivity index (χ2v) is 7.10. The Morgan fingerprint density at radius 1 is 0.806 bits per heavy atom. The number of carbonyl (C=O) groups excluding carboxylic acids is 1. The molecule has 1 aromatic heterocycles. The Morgan fingerprint density at radius 3 is 1.87 bits per heavy atom. The molecule has 0 saturated heterocycles. The smallest absolute Gasteiger partial charge is 0.416 e. The van der Waals surface area contributed by atoms with Crippen molar-refractivity contribution in [2.45, 2.75) is 12.4 Å². The lowest BCUT2D eigenvalue weighted by Gasteiger charge is -2.10. The van der Waals surface area contributed by atoms with Gasteiger partial charge < -0.3 is 4.42 Å². The van der Waals surface area contributed by atoms with Crippen LogP contribution in [0.5, 0.6) is 0 Å². The van der Waals surface area contributed by atoms with E-state index in [4.69, 9.17) is 27.6 Å². The van der Waals surface area contributed by atoms with Crippen molar-refractivity contribution in [3.8, 4) is 11.3 Å². The topological polar surface area (TPSA) is 30.2 Å². The van der Waals surface area contributed by atoms with Gasteiger partial charge in [-0.2, -0.15) is 26.3 Å². The third kappa shape index (κ3) is 5.32. The van der Waals surface area contributed by atoms with Crippen molar-refractivity contribution < 1.29 is 35.6 Å². The average molecular weight is 479 g/mol. The lowest BCUT2D eigenvalue weighted by Crippen LogP contribution is -2.05. The molecule has 0 aliphatic rings. The van der Waals surface area contributed by atoms with Gasteiger partial charge in [-0.25, -0.2) is 0 Å². The highest BCUT2D eigenvalue weighted by molar-refractivity contribution is 6.39. The Bertz CT molecular complexity index is 1120. The summed E-state index contributed by atoms with van der Waals surface area (Å²) >= 11 is 11.9. The number of hydrogen-bond acceptors (Lipinski definition) is 2. The zero-order valence-electron chi connectivity index (χ0n) is 15.1. The molecule has 162 valence electrons. The molecule has 10 heteroatoms. The van der Waals surface area contributed by atoms with Crippen LogP contribution in [0.15, 0.2) is 59.0 Å². The van der Waals surface area contributed by atoms with Crippen molar-refractivity contribution in [3.05, 3.63) is 87.1 Å². The lowest BCUT2D eigenvalue weighted by molar-refractivity contribution is -0.138. The molecule has 0 amide bonds. The summed E-state index contributed by atoms with van der Waals surface area (Å²) in [5.74, 6) is -0.343. The van der Waals surface area contributed by atoms with Crippen LogP contribution in [-0.2, 0) is 12.4 Å². The van der Waals surface area contributed by atoms with Crippen LogP contribution < -0.4 is 0 Å². The predicted molar refractivity (Wildman–Crippen MR) is 104 cm³/mol. The van der Waals surface area contributed by atoms with Crippen LogP contribution in [0.3, 0.4) is 0 Å². The third-order valence-corrected chi connectivity index (χ3v) is 4.73. The molecule has 2 aromatic carbocycles. The van der Waals surface area contributed by atoms with Crippen LogP contribution in [0, 0.1) is 0 Å². The summed E-state index contributed by atoms with van der Waals surface area (Å²) in [7, 11) is 0. The summed E-state index contributed by atoms with van der Waals surface area (Å²) in [4.78, 5) is 12.1. The number of benzene rings is 2. The molecule has 0 spiro atoms. The molecule has 0 unspecified atom stereocenters. The van der Waals surface area contributed by atoms with E-state index >= 15 is 0 Å². The minimum atomic E-state index is -4.62. The molecular formula is C21H10Cl2F6O2. The zero-order chi connectivity index (χ0) is 23.0. The third-order valence-electron chi connectivity index (χ3n) is 4.14. The Hall–Kier alpha value is -2.71.